The Hall–Kier alpha value is -1.77. The van der Waals surface area contributed by atoms with Crippen LogP contribution >= 0.6 is 0 Å². The van der Waals surface area contributed by atoms with E-state index in [0.29, 0.717) is 24.8 Å². The van der Waals surface area contributed by atoms with Crippen molar-refractivity contribution in [1.82, 2.24) is 19.5 Å². The van der Waals surface area contributed by atoms with Gasteiger partial charge in [0, 0.05) is 13.7 Å². The number of nitrogens with zero attached hydrogens (tertiary/aromatic N) is 3. The highest BCUT2D eigenvalue weighted by atomic mass is 32.2. The summed E-state index contributed by atoms with van der Waals surface area (Å²) < 4.78 is 32.7. The molecule has 1 unspecified atom stereocenters. The van der Waals surface area contributed by atoms with E-state index in [1.165, 1.54) is 0 Å². The Bertz CT molecular complexity index is 819. The predicted octanol–water partition coefficient (Wildman–Crippen LogP) is 2.32. The number of aryl methyl sites for hydroxylation is 1. The molecule has 7 nitrogen and oxygen atoms in total. The molecule has 2 heterocycles. The minimum Gasteiger partial charge on any atom is -0.377 e. The summed E-state index contributed by atoms with van der Waals surface area (Å²) in [5.41, 5.74) is 1.82. The fraction of sp³-hybridized carbons (Fsp3) is 0.529. The standard InChI is InChI=1S/C17H24N4O3S/c1-13-7-3-4-8-14(13)12-25(22,23)21-10-6-5-9-15(21)17-18-16(11-24-2)19-20-17/h3-4,7-8,15H,5-6,9-12H2,1-2H3,(H,18,19,20). The number of hydrogen-bond donors (Lipinski definition) is 1. The molecule has 1 atom stereocenters. The summed E-state index contributed by atoms with van der Waals surface area (Å²) in [4.78, 5) is 4.41. The van der Waals surface area contributed by atoms with E-state index in [0.717, 1.165) is 30.4 Å². The maximum absolute atomic E-state index is 13.1. The minimum absolute atomic E-state index is 0.00548. The molecule has 25 heavy (non-hydrogen) atoms. The SMILES string of the molecule is COCc1nc(C2CCCCN2S(=O)(=O)Cc2ccccc2C)n[nH]1. The Balaban J connectivity index is 1.85. The fourth-order valence-electron chi connectivity index (χ4n) is 3.21. The van der Waals surface area contributed by atoms with Crippen molar-refractivity contribution in [3.63, 3.8) is 0 Å². The zero-order valence-corrected chi connectivity index (χ0v) is 15.4. The lowest BCUT2D eigenvalue weighted by atomic mass is 10.0. The van der Waals surface area contributed by atoms with Crippen LogP contribution < -0.4 is 0 Å². The summed E-state index contributed by atoms with van der Waals surface area (Å²) in [7, 11) is -1.87. The molecule has 2 aromatic rings. The number of H-pyrrole nitrogens is 1. The second-order valence-electron chi connectivity index (χ2n) is 6.38. The number of sulfonamides is 1. The molecule has 1 aromatic carbocycles. The van der Waals surface area contributed by atoms with E-state index in [-0.39, 0.29) is 11.8 Å². The van der Waals surface area contributed by atoms with Crippen LogP contribution in [0.2, 0.25) is 0 Å². The van der Waals surface area contributed by atoms with Crippen molar-refractivity contribution >= 4 is 10.0 Å². The molecule has 136 valence electrons. The quantitative estimate of drug-likeness (QED) is 0.850. The number of rotatable bonds is 6. The zero-order valence-electron chi connectivity index (χ0n) is 14.6. The number of benzene rings is 1. The van der Waals surface area contributed by atoms with Gasteiger partial charge in [-0.15, -0.1) is 0 Å². The highest BCUT2D eigenvalue weighted by Gasteiger charge is 2.35. The van der Waals surface area contributed by atoms with E-state index in [1.54, 1.807) is 11.4 Å². The normalized spacial score (nSPS) is 19.2. The van der Waals surface area contributed by atoms with E-state index in [1.807, 2.05) is 31.2 Å². The van der Waals surface area contributed by atoms with Crippen LogP contribution in [0.5, 0.6) is 0 Å². The monoisotopic (exact) mass is 364 g/mol. The molecule has 1 N–H and O–H groups in total. The molecule has 1 saturated heterocycles. The highest BCUT2D eigenvalue weighted by molar-refractivity contribution is 7.88. The van der Waals surface area contributed by atoms with Gasteiger partial charge in [0.25, 0.3) is 0 Å². The van der Waals surface area contributed by atoms with Crippen LogP contribution in [0.25, 0.3) is 0 Å². The number of ether oxygens (including phenoxy) is 1. The maximum atomic E-state index is 13.1. The van der Waals surface area contributed by atoms with Gasteiger partial charge in [-0.2, -0.15) is 9.40 Å². The Kier molecular flexibility index (Phi) is 5.51. The van der Waals surface area contributed by atoms with Gasteiger partial charge < -0.3 is 4.74 Å². The smallest absolute Gasteiger partial charge is 0.218 e. The molecule has 8 heteroatoms. The lowest BCUT2D eigenvalue weighted by Crippen LogP contribution is -2.39. The molecule has 0 amide bonds. The van der Waals surface area contributed by atoms with Crippen molar-refractivity contribution in [2.24, 2.45) is 0 Å². The summed E-state index contributed by atoms with van der Waals surface area (Å²) >= 11 is 0. The Morgan fingerprint density at radius 3 is 2.88 bits per heavy atom. The second-order valence-corrected chi connectivity index (χ2v) is 8.30. The Morgan fingerprint density at radius 2 is 2.12 bits per heavy atom. The third-order valence-electron chi connectivity index (χ3n) is 4.54. The van der Waals surface area contributed by atoms with Gasteiger partial charge in [0.15, 0.2) is 11.6 Å². The summed E-state index contributed by atoms with van der Waals surface area (Å²) in [6.45, 7) is 2.77. The summed E-state index contributed by atoms with van der Waals surface area (Å²) in [6.07, 6.45) is 2.56. The van der Waals surface area contributed by atoms with Crippen LogP contribution in [0.1, 0.15) is 48.1 Å². The van der Waals surface area contributed by atoms with Crippen molar-refractivity contribution in [3.8, 4) is 0 Å². The second kappa shape index (κ2) is 7.63. The Morgan fingerprint density at radius 1 is 1.32 bits per heavy atom. The number of methoxy groups -OCH3 is 1. The first-order valence-corrected chi connectivity index (χ1v) is 10.1. The van der Waals surface area contributed by atoms with Crippen LogP contribution in [0.15, 0.2) is 24.3 Å². The molecular weight excluding hydrogens is 340 g/mol. The van der Waals surface area contributed by atoms with E-state index in [9.17, 15) is 8.42 Å². The van der Waals surface area contributed by atoms with Gasteiger partial charge in [0.05, 0.1) is 11.8 Å². The van der Waals surface area contributed by atoms with E-state index < -0.39 is 10.0 Å². The zero-order chi connectivity index (χ0) is 17.9. The van der Waals surface area contributed by atoms with Gasteiger partial charge in [-0.05, 0) is 30.9 Å². The van der Waals surface area contributed by atoms with Gasteiger partial charge in [-0.1, -0.05) is 30.7 Å². The predicted molar refractivity (Wildman–Crippen MR) is 94.2 cm³/mol. The molecule has 1 aliphatic heterocycles. The van der Waals surface area contributed by atoms with E-state index in [2.05, 4.69) is 15.2 Å². The van der Waals surface area contributed by atoms with Crippen molar-refractivity contribution in [3.05, 3.63) is 47.0 Å². The van der Waals surface area contributed by atoms with Gasteiger partial charge in [0.2, 0.25) is 10.0 Å². The van der Waals surface area contributed by atoms with Crippen molar-refractivity contribution in [2.75, 3.05) is 13.7 Å². The van der Waals surface area contributed by atoms with Gasteiger partial charge in [-0.25, -0.2) is 13.4 Å². The van der Waals surface area contributed by atoms with Crippen LogP contribution in [0.4, 0.5) is 0 Å². The lowest BCUT2D eigenvalue weighted by Gasteiger charge is -2.33. The average Bonchev–Trinajstić information content (AvgIpc) is 3.06. The fourth-order valence-corrected chi connectivity index (χ4v) is 5.09. The van der Waals surface area contributed by atoms with E-state index in [4.69, 9.17) is 4.74 Å². The molecule has 0 radical (unpaired) electrons. The van der Waals surface area contributed by atoms with Crippen LogP contribution in [0.3, 0.4) is 0 Å². The molecule has 1 aromatic heterocycles. The molecule has 0 saturated carbocycles. The van der Waals surface area contributed by atoms with Crippen molar-refractivity contribution in [2.45, 2.75) is 44.6 Å². The molecule has 3 rings (SSSR count). The molecular formula is C17H24N4O3S. The highest BCUT2D eigenvalue weighted by Crippen LogP contribution is 2.32. The molecule has 1 fully saturated rings. The van der Waals surface area contributed by atoms with Crippen molar-refractivity contribution < 1.29 is 13.2 Å². The van der Waals surface area contributed by atoms with Gasteiger partial charge >= 0.3 is 0 Å². The number of aromatic nitrogens is 3. The largest absolute Gasteiger partial charge is 0.377 e. The molecule has 1 aliphatic rings. The van der Waals surface area contributed by atoms with Gasteiger partial charge in [0.1, 0.15) is 6.61 Å². The maximum Gasteiger partial charge on any atom is 0.218 e. The van der Waals surface area contributed by atoms with Crippen molar-refractivity contribution in [1.29, 1.82) is 0 Å². The lowest BCUT2D eigenvalue weighted by molar-refractivity contribution is 0.177. The summed E-state index contributed by atoms with van der Waals surface area (Å²) in [6, 6.07) is 7.28. The minimum atomic E-state index is -3.45. The van der Waals surface area contributed by atoms with Gasteiger partial charge in [-0.3, -0.25) is 5.10 Å². The van der Waals surface area contributed by atoms with Crippen LogP contribution in [-0.2, 0) is 27.1 Å². The molecule has 0 spiro atoms. The first-order chi connectivity index (χ1) is 12.0. The summed E-state index contributed by atoms with van der Waals surface area (Å²) in [5, 5.41) is 7.05. The number of hydrogen-bond acceptors (Lipinski definition) is 5. The molecule has 0 aliphatic carbocycles. The first kappa shape index (κ1) is 18.0. The number of nitrogens with one attached hydrogen (secondary N) is 1. The summed E-state index contributed by atoms with van der Waals surface area (Å²) in [5.74, 6) is 1.14. The number of piperidine rings is 1. The topological polar surface area (TPSA) is 88.2 Å². The first-order valence-electron chi connectivity index (χ1n) is 8.45. The van der Waals surface area contributed by atoms with Crippen LogP contribution in [-0.4, -0.2) is 41.6 Å². The molecule has 0 bridgehead atoms. The van der Waals surface area contributed by atoms with E-state index >= 15 is 0 Å². The van der Waals surface area contributed by atoms with Crippen LogP contribution in [0, 0.1) is 6.92 Å². The third-order valence-corrected chi connectivity index (χ3v) is 6.37. The number of aromatic amines is 1. The third kappa shape index (κ3) is 4.08. The average molecular weight is 364 g/mol. The Labute approximate surface area is 148 Å².